The van der Waals surface area contributed by atoms with E-state index < -0.39 is 10.0 Å². The number of hydrogen-bond donors (Lipinski definition) is 1. The van der Waals surface area contributed by atoms with Crippen molar-refractivity contribution in [1.29, 1.82) is 0 Å². The van der Waals surface area contributed by atoms with Gasteiger partial charge in [0.15, 0.2) is 16.5 Å². The van der Waals surface area contributed by atoms with Crippen molar-refractivity contribution in [2.75, 3.05) is 34.4 Å². The number of sulfonamides is 1. The van der Waals surface area contributed by atoms with Crippen LogP contribution in [0.3, 0.4) is 0 Å². The van der Waals surface area contributed by atoms with Gasteiger partial charge < -0.3 is 24.1 Å². The second kappa shape index (κ2) is 9.78. The number of imidazole rings is 1. The highest BCUT2D eigenvalue weighted by Gasteiger charge is 2.33. The molecular formula is C21H30N4O6S. The number of piperidine rings is 1. The fourth-order valence-electron chi connectivity index (χ4n) is 3.71. The molecule has 1 fully saturated rings. The first-order valence-electron chi connectivity index (χ1n) is 10.3. The fraction of sp³-hybridized carbons (Fsp3) is 0.524. The van der Waals surface area contributed by atoms with Crippen molar-refractivity contribution in [2.45, 2.75) is 31.3 Å². The number of nitrogens with zero attached hydrogens (tertiary/aromatic N) is 3. The number of nitrogens with one attached hydrogen (secondary N) is 1. The van der Waals surface area contributed by atoms with E-state index in [2.05, 4.69) is 10.3 Å². The van der Waals surface area contributed by atoms with Gasteiger partial charge >= 0.3 is 0 Å². The van der Waals surface area contributed by atoms with E-state index in [-0.39, 0.29) is 29.9 Å². The summed E-state index contributed by atoms with van der Waals surface area (Å²) in [7, 11) is 2.70. The maximum Gasteiger partial charge on any atom is 0.262 e. The normalized spacial score (nSPS) is 15.4. The van der Waals surface area contributed by atoms with Crippen LogP contribution in [-0.4, -0.2) is 62.6 Å². The van der Waals surface area contributed by atoms with Crippen LogP contribution in [0, 0.1) is 12.8 Å². The van der Waals surface area contributed by atoms with E-state index in [1.165, 1.54) is 31.8 Å². The summed E-state index contributed by atoms with van der Waals surface area (Å²) in [6, 6.07) is 3.57. The average molecular weight is 467 g/mol. The van der Waals surface area contributed by atoms with Gasteiger partial charge in [-0.1, -0.05) is 0 Å². The van der Waals surface area contributed by atoms with Crippen LogP contribution >= 0.6 is 0 Å². The molecule has 1 aliphatic rings. The molecule has 32 heavy (non-hydrogen) atoms. The second-order valence-corrected chi connectivity index (χ2v) is 9.55. The number of amides is 1. The highest BCUT2D eigenvalue weighted by molar-refractivity contribution is 7.89. The van der Waals surface area contributed by atoms with Gasteiger partial charge in [0.05, 0.1) is 21.3 Å². The molecule has 0 unspecified atom stereocenters. The Balaban J connectivity index is 1.59. The molecule has 2 heterocycles. The Labute approximate surface area is 188 Å². The quantitative estimate of drug-likeness (QED) is 0.627. The van der Waals surface area contributed by atoms with Gasteiger partial charge in [0.2, 0.25) is 11.7 Å². The predicted molar refractivity (Wildman–Crippen MR) is 117 cm³/mol. The number of benzene rings is 1. The Morgan fingerprint density at radius 2 is 1.72 bits per heavy atom. The summed E-state index contributed by atoms with van der Waals surface area (Å²) < 4.78 is 44.7. The van der Waals surface area contributed by atoms with Crippen LogP contribution in [0.2, 0.25) is 0 Å². The van der Waals surface area contributed by atoms with Gasteiger partial charge in [0.1, 0.15) is 5.82 Å². The van der Waals surface area contributed by atoms with E-state index in [1.807, 2.05) is 0 Å². The monoisotopic (exact) mass is 466 g/mol. The molecule has 176 valence electrons. The van der Waals surface area contributed by atoms with E-state index in [1.54, 1.807) is 30.7 Å². The standard InChI is InChI=1S/C21H30N4O6S/c1-14-23-19(13-24(14)2)32(27,28)25-8-6-16(7-9-25)21(26)22-12-15-10-17(29-3)20(31-5)18(11-15)30-4/h10-11,13,16H,6-9,12H2,1-5H3,(H,22,26). The number of aromatic nitrogens is 2. The van der Waals surface area contributed by atoms with Gasteiger partial charge in [-0.25, -0.2) is 13.4 Å². The number of aryl methyl sites for hydroxylation is 2. The van der Waals surface area contributed by atoms with Crippen molar-refractivity contribution in [3.63, 3.8) is 0 Å². The zero-order valence-corrected chi connectivity index (χ0v) is 19.9. The smallest absolute Gasteiger partial charge is 0.262 e. The molecule has 1 amide bonds. The highest BCUT2D eigenvalue weighted by atomic mass is 32.2. The lowest BCUT2D eigenvalue weighted by Gasteiger charge is -2.30. The molecule has 11 heteroatoms. The minimum Gasteiger partial charge on any atom is -0.493 e. The summed E-state index contributed by atoms with van der Waals surface area (Å²) in [5.74, 6) is 1.78. The van der Waals surface area contributed by atoms with Crippen molar-refractivity contribution in [3.05, 3.63) is 29.7 Å². The lowest BCUT2D eigenvalue weighted by molar-refractivity contribution is -0.126. The third-order valence-electron chi connectivity index (χ3n) is 5.71. The average Bonchev–Trinajstić information content (AvgIpc) is 3.15. The maximum atomic E-state index is 12.8. The number of ether oxygens (including phenoxy) is 3. The third-order valence-corrected chi connectivity index (χ3v) is 7.48. The zero-order valence-electron chi connectivity index (χ0n) is 19.0. The molecule has 0 radical (unpaired) electrons. The Hall–Kier alpha value is -2.79. The first kappa shape index (κ1) is 23.9. The Morgan fingerprint density at radius 3 is 2.19 bits per heavy atom. The number of carbonyl (C=O) groups excluding carboxylic acids is 1. The highest BCUT2D eigenvalue weighted by Crippen LogP contribution is 2.38. The topological polar surface area (TPSA) is 112 Å². The van der Waals surface area contributed by atoms with Gasteiger partial charge in [0.25, 0.3) is 10.0 Å². The van der Waals surface area contributed by atoms with Crippen molar-refractivity contribution >= 4 is 15.9 Å². The number of carbonyl (C=O) groups is 1. The summed E-state index contributed by atoms with van der Waals surface area (Å²) in [5, 5.41) is 2.97. The van der Waals surface area contributed by atoms with Crippen LogP contribution < -0.4 is 19.5 Å². The van der Waals surface area contributed by atoms with Gasteiger partial charge in [-0.05, 0) is 37.5 Å². The van der Waals surface area contributed by atoms with Gasteiger partial charge in [0, 0.05) is 38.8 Å². The van der Waals surface area contributed by atoms with Gasteiger partial charge in [-0.3, -0.25) is 4.79 Å². The Kier molecular flexibility index (Phi) is 7.29. The number of methoxy groups -OCH3 is 3. The van der Waals surface area contributed by atoms with E-state index in [4.69, 9.17) is 14.2 Å². The Bertz CT molecular complexity index is 1030. The van der Waals surface area contributed by atoms with Crippen molar-refractivity contribution in [2.24, 2.45) is 13.0 Å². The van der Waals surface area contributed by atoms with Gasteiger partial charge in [-0.15, -0.1) is 0 Å². The SMILES string of the molecule is COc1cc(CNC(=O)C2CCN(S(=O)(=O)c3cn(C)c(C)n3)CC2)cc(OC)c1OC. The molecule has 0 bridgehead atoms. The molecular weight excluding hydrogens is 436 g/mol. The number of hydrogen-bond acceptors (Lipinski definition) is 7. The molecule has 0 atom stereocenters. The molecule has 0 saturated carbocycles. The summed E-state index contributed by atoms with van der Waals surface area (Å²) in [4.78, 5) is 16.8. The first-order valence-corrected chi connectivity index (χ1v) is 11.7. The summed E-state index contributed by atoms with van der Waals surface area (Å²) in [5.41, 5.74) is 0.804. The minimum absolute atomic E-state index is 0.0443. The molecule has 0 spiro atoms. The van der Waals surface area contributed by atoms with Gasteiger partial charge in [-0.2, -0.15) is 4.31 Å². The summed E-state index contributed by atoms with van der Waals surface area (Å²) in [6.45, 7) is 2.60. The van der Waals surface area contributed by atoms with Crippen LogP contribution in [0.1, 0.15) is 24.2 Å². The molecule has 1 aliphatic heterocycles. The first-order chi connectivity index (χ1) is 15.2. The third kappa shape index (κ3) is 4.83. The molecule has 0 aliphatic carbocycles. The molecule has 1 aromatic carbocycles. The van der Waals surface area contributed by atoms with E-state index in [0.29, 0.717) is 42.5 Å². The molecule has 3 rings (SSSR count). The lowest BCUT2D eigenvalue weighted by Crippen LogP contribution is -2.43. The maximum absolute atomic E-state index is 12.8. The van der Waals surface area contributed by atoms with Crippen molar-refractivity contribution in [3.8, 4) is 17.2 Å². The van der Waals surface area contributed by atoms with E-state index in [0.717, 1.165) is 5.56 Å². The Morgan fingerprint density at radius 1 is 1.12 bits per heavy atom. The fourth-order valence-corrected chi connectivity index (χ4v) is 5.21. The van der Waals surface area contributed by atoms with Crippen molar-refractivity contribution < 1.29 is 27.4 Å². The van der Waals surface area contributed by atoms with Crippen LogP contribution in [0.15, 0.2) is 23.4 Å². The second-order valence-electron chi connectivity index (χ2n) is 7.67. The summed E-state index contributed by atoms with van der Waals surface area (Å²) in [6.07, 6.45) is 2.42. The minimum atomic E-state index is -3.66. The molecule has 1 saturated heterocycles. The molecule has 1 N–H and O–H groups in total. The predicted octanol–water partition coefficient (Wildman–Crippen LogP) is 1.47. The van der Waals surface area contributed by atoms with Crippen LogP contribution in [0.5, 0.6) is 17.2 Å². The van der Waals surface area contributed by atoms with Crippen LogP contribution in [0.4, 0.5) is 0 Å². The zero-order chi connectivity index (χ0) is 23.5. The van der Waals surface area contributed by atoms with Crippen LogP contribution in [0.25, 0.3) is 0 Å². The van der Waals surface area contributed by atoms with E-state index >= 15 is 0 Å². The molecule has 1 aromatic heterocycles. The largest absolute Gasteiger partial charge is 0.493 e. The molecule has 2 aromatic rings. The number of rotatable bonds is 8. The lowest BCUT2D eigenvalue weighted by atomic mass is 9.97. The summed E-state index contributed by atoms with van der Waals surface area (Å²) >= 11 is 0. The van der Waals surface area contributed by atoms with Crippen molar-refractivity contribution in [1.82, 2.24) is 19.2 Å². The van der Waals surface area contributed by atoms with Crippen LogP contribution in [-0.2, 0) is 28.4 Å². The molecule has 10 nitrogen and oxygen atoms in total. The van der Waals surface area contributed by atoms with E-state index in [9.17, 15) is 13.2 Å².